The second-order valence-electron chi connectivity index (χ2n) is 4.70. The van der Waals surface area contributed by atoms with Gasteiger partial charge in [0.25, 0.3) is 0 Å². The zero-order valence-electron chi connectivity index (χ0n) is 11.4. The average molecular weight is 319 g/mol. The first-order valence-electron chi connectivity index (χ1n) is 6.54. The monoisotopic (exact) mass is 318 g/mol. The summed E-state index contributed by atoms with van der Waals surface area (Å²) in [5.74, 6) is 0. The van der Waals surface area contributed by atoms with Crippen LogP contribution in [0.4, 0.5) is 0 Å². The Morgan fingerprint density at radius 3 is 2.84 bits per heavy atom. The summed E-state index contributed by atoms with van der Waals surface area (Å²) in [5, 5.41) is 4.49. The fourth-order valence-electron chi connectivity index (χ4n) is 2.12. The van der Waals surface area contributed by atoms with Gasteiger partial charge in [0.15, 0.2) is 0 Å². The molecule has 0 radical (unpaired) electrons. The summed E-state index contributed by atoms with van der Waals surface area (Å²) in [5.41, 5.74) is 3.32. The van der Waals surface area contributed by atoms with Gasteiger partial charge >= 0.3 is 0 Å². The molecule has 1 heterocycles. The number of hydrogen-bond acceptors (Lipinski definition) is 2. The molecule has 0 aliphatic carbocycles. The smallest absolute Gasteiger partial charge is 0.0725 e. The molecule has 1 atom stereocenters. The molecule has 1 unspecified atom stereocenters. The Hall–Kier alpha value is -1.19. The largest absolute Gasteiger partial charge is 0.311 e. The lowest BCUT2D eigenvalue weighted by Gasteiger charge is -2.18. The highest BCUT2D eigenvalue weighted by molar-refractivity contribution is 9.10. The van der Waals surface area contributed by atoms with Gasteiger partial charge in [0.1, 0.15) is 0 Å². The molecular formula is C16H19BrN2. The number of pyridine rings is 1. The molecule has 100 valence electrons. The van der Waals surface area contributed by atoms with Crippen LogP contribution in [0.3, 0.4) is 0 Å². The number of nitrogens with zero attached hydrogens (tertiary/aromatic N) is 1. The van der Waals surface area contributed by atoms with Gasteiger partial charge in [0.05, 0.1) is 17.3 Å². The van der Waals surface area contributed by atoms with E-state index >= 15 is 0 Å². The molecule has 2 nitrogen and oxygen atoms in total. The minimum Gasteiger partial charge on any atom is -0.311 e. The van der Waals surface area contributed by atoms with Crippen LogP contribution in [0, 0.1) is 0 Å². The Morgan fingerprint density at radius 2 is 2.16 bits per heavy atom. The van der Waals surface area contributed by atoms with Crippen LogP contribution < -0.4 is 5.32 Å². The van der Waals surface area contributed by atoms with Gasteiger partial charge in [-0.2, -0.15) is 0 Å². The van der Waals surface area contributed by atoms with Crippen molar-refractivity contribution in [2.45, 2.75) is 25.8 Å². The quantitative estimate of drug-likeness (QED) is 0.814. The standard InChI is InChI=1S/C16H19BrN2/c1-4-11(2)9-15(18-3)16-13(17)10-12-7-5-6-8-14(12)19-16/h5-8,10,15,18H,2,4,9H2,1,3H3. The number of halogens is 1. The predicted molar refractivity (Wildman–Crippen MR) is 85.3 cm³/mol. The normalized spacial score (nSPS) is 12.6. The highest BCUT2D eigenvalue weighted by Crippen LogP contribution is 2.29. The molecule has 0 aliphatic rings. The van der Waals surface area contributed by atoms with Gasteiger partial charge in [-0.15, -0.1) is 0 Å². The third-order valence-electron chi connectivity index (χ3n) is 3.38. The van der Waals surface area contributed by atoms with Crippen molar-refractivity contribution in [3.63, 3.8) is 0 Å². The van der Waals surface area contributed by atoms with Crippen molar-refractivity contribution in [2.24, 2.45) is 0 Å². The molecule has 2 rings (SSSR count). The van der Waals surface area contributed by atoms with Crippen molar-refractivity contribution in [3.8, 4) is 0 Å². The van der Waals surface area contributed by atoms with Gasteiger partial charge in [-0.25, -0.2) is 4.98 Å². The van der Waals surface area contributed by atoms with Gasteiger partial charge in [0, 0.05) is 9.86 Å². The zero-order chi connectivity index (χ0) is 13.8. The Balaban J connectivity index is 2.41. The summed E-state index contributed by atoms with van der Waals surface area (Å²) in [7, 11) is 1.97. The maximum Gasteiger partial charge on any atom is 0.0725 e. The topological polar surface area (TPSA) is 24.9 Å². The van der Waals surface area contributed by atoms with Crippen molar-refractivity contribution in [1.29, 1.82) is 0 Å². The zero-order valence-corrected chi connectivity index (χ0v) is 13.0. The van der Waals surface area contributed by atoms with Crippen LogP contribution in [0.25, 0.3) is 10.9 Å². The van der Waals surface area contributed by atoms with Crippen molar-refractivity contribution in [3.05, 3.63) is 52.7 Å². The molecule has 0 bridgehead atoms. The fraction of sp³-hybridized carbons (Fsp3) is 0.312. The number of fused-ring (bicyclic) bond motifs is 1. The molecule has 1 aromatic heterocycles. The fourth-order valence-corrected chi connectivity index (χ4v) is 2.73. The molecule has 1 aromatic carbocycles. The van der Waals surface area contributed by atoms with Gasteiger partial charge in [-0.1, -0.05) is 37.3 Å². The first kappa shape index (κ1) is 14.2. The molecule has 0 spiro atoms. The molecule has 0 fully saturated rings. The van der Waals surface area contributed by atoms with E-state index in [4.69, 9.17) is 4.98 Å². The van der Waals surface area contributed by atoms with Gasteiger partial charge in [-0.3, -0.25) is 0 Å². The second kappa shape index (κ2) is 6.31. The van der Waals surface area contributed by atoms with E-state index in [0.717, 1.165) is 33.9 Å². The molecule has 1 N–H and O–H groups in total. The van der Waals surface area contributed by atoms with Crippen LogP contribution in [0.2, 0.25) is 0 Å². The highest BCUT2D eigenvalue weighted by Gasteiger charge is 2.16. The Labute approximate surface area is 123 Å². The number of aromatic nitrogens is 1. The summed E-state index contributed by atoms with van der Waals surface area (Å²) in [6.45, 7) is 6.23. The van der Waals surface area contributed by atoms with Crippen LogP contribution in [0.5, 0.6) is 0 Å². The molecule has 3 heteroatoms. The molecule has 0 aliphatic heterocycles. The van der Waals surface area contributed by atoms with E-state index in [1.165, 1.54) is 5.57 Å². The number of para-hydroxylation sites is 1. The summed E-state index contributed by atoms with van der Waals surface area (Å²) < 4.78 is 1.05. The van der Waals surface area contributed by atoms with Crippen molar-refractivity contribution in [2.75, 3.05) is 7.05 Å². The molecule has 0 saturated carbocycles. The number of nitrogens with one attached hydrogen (secondary N) is 1. The summed E-state index contributed by atoms with van der Waals surface area (Å²) in [4.78, 5) is 4.78. The maximum atomic E-state index is 4.78. The lowest BCUT2D eigenvalue weighted by molar-refractivity contribution is 0.567. The third kappa shape index (κ3) is 3.23. The van der Waals surface area contributed by atoms with E-state index in [2.05, 4.69) is 46.9 Å². The van der Waals surface area contributed by atoms with Gasteiger partial charge < -0.3 is 5.32 Å². The first-order chi connectivity index (χ1) is 9.15. The van der Waals surface area contributed by atoms with Crippen molar-refractivity contribution >= 4 is 26.8 Å². The molecular weight excluding hydrogens is 300 g/mol. The van der Waals surface area contributed by atoms with Crippen molar-refractivity contribution < 1.29 is 0 Å². The van der Waals surface area contributed by atoms with Crippen LogP contribution in [-0.2, 0) is 0 Å². The molecule has 2 aromatic rings. The minimum absolute atomic E-state index is 0.200. The molecule has 0 amide bonds. The van der Waals surface area contributed by atoms with E-state index < -0.39 is 0 Å². The van der Waals surface area contributed by atoms with Crippen LogP contribution in [0.15, 0.2) is 47.0 Å². The lowest BCUT2D eigenvalue weighted by atomic mass is 10.0. The number of rotatable bonds is 5. The molecule has 0 saturated heterocycles. The van der Waals surface area contributed by atoms with Gasteiger partial charge in [0.2, 0.25) is 0 Å². The first-order valence-corrected chi connectivity index (χ1v) is 7.34. The van der Waals surface area contributed by atoms with E-state index in [1.54, 1.807) is 0 Å². The Bertz CT molecular complexity index is 592. The van der Waals surface area contributed by atoms with Crippen LogP contribution >= 0.6 is 15.9 Å². The third-order valence-corrected chi connectivity index (χ3v) is 4.01. The Morgan fingerprint density at radius 1 is 1.42 bits per heavy atom. The average Bonchev–Trinajstić information content (AvgIpc) is 2.44. The van der Waals surface area contributed by atoms with E-state index in [9.17, 15) is 0 Å². The van der Waals surface area contributed by atoms with Gasteiger partial charge in [-0.05, 0) is 48.0 Å². The summed E-state index contributed by atoms with van der Waals surface area (Å²) in [6, 6.07) is 10.5. The van der Waals surface area contributed by atoms with Crippen LogP contribution in [-0.4, -0.2) is 12.0 Å². The number of benzene rings is 1. The second-order valence-corrected chi connectivity index (χ2v) is 5.55. The van der Waals surface area contributed by atoms with E-state index in [-0.39, 0.29) is 6.04 Å². The predicted octanol–water partition coefficient (Wildman–Crippen LogP) is 4.61. The van der Waals surface area contributed by atoms with Crippen LogP contribution in [0.1, 0.15) is 31.5 Å². The maximum absolute atomic E-state index is 4.78. The van der Waals surface area contributed by atoms with Crippen molar-refractivity contribution in [1.82, 2.24) is 10.3 Å². The summed E-state index contributed by atoms with van der Waals surface area (Å²) in [6.07, 6.45) is 1.92. The highest BCUT2D eigenvalue weighted by atomic mass is 79.9. The summed E-state index contributed by atoms with van der Waals surface area (Å²) >= 11 is 3.64. The number of hydrogen-bond donors (Lipinski definition) is 1. The van der Waals surface area contributed by atoms with E-state index in [1.807, 2.05) is 25.2 Å². The lowest BCUT2D eigenvalue weighted by Crippen LogP contribution is -2.18. The Kier molecular flexibility index (Phi) is 4.72. The minimum atomic E-state index is 0.200. The molecule has 19 heavy (non-hydrogen) atoms. The van der Waals surface area contributed by atoms with E-state index in [0.29, 0.717) is 0 Å². The SMILES string of the molecule is C=C(CC)CC(NC)c1nc2ccccc2cc1Br.